The Morgan fingerprint density at radius 1 is 1.53 bits per heavy atom. The minimum atomic E-state index is -4.11. The van der Waals surface area contributed by atoms with Crippen LogP contribution >= 0.6 is 0 Å². The Kier molecular flexibility index (Phi) is 0.912. The van der Waals surface area contributed by atoms with Crippen molar-refractivity contribution in [3.8, 4) is 11.5 Å². The maximum absolute atomic E-state index is 10.7. The maximum Gasteiger partial charge on any atom is 0.231 e. The van der Waals surface area contributed by atoms with Crippen LogP contribution in [-0.4, -0.2) is 18.0 Å². The van der Waals surface area contributed by atoms with Gasteiger partial charge in [0.15, 0.2) is 11.5 Å². The van der Waals surface area contributed by atoms with E-state index in [1.807, 2.05) is 0 Å². The van der Waals surface area contributed by atoms with Crippen LogP contribution < -0.4 is 9.47 Å². The van der Waals surface area contributed by atoms with Crippen LogP contribution in [0.1, 0.15) is 45.3 Å². The van der Waals surface area contributed by atoms with Crippen LogP contribution in [0.3, 0.4) is 0 Å². The van der Waals surface area contributed by atoms with E-state index in [2.05, 4.69) is 0 Å². The van der Waals surface area contributed by atoms with Crippen molar-refractivity contribution in [1.82, 2.24) is 0 Å². The van der Waals surface area contributed by atoms with Gasteiger partial charge >= 0.3 is 0 Å². The molecule has 1 unspecified atom stereocenters. The van der Waals surface area contributed by atoms with Crippen molar-refractivity contribution < 1.29 is 33.8 Å². The lowest BCUT2D eigenvalue weighted by atomic mass is 9.89. The molecule has 1 aliphatic heterocycles. The molecule has 3 nitrogen and oxygen atoms in total. The Hall–Kier alpha value is -1.48. The molecule has 1 N–H and O–H groups in total. The van der Waals surface area contributed by atoms with Crippen LogP contribution in [0, 0.1) is 5.41 Å². The number of hydrogen-bond donors (Lipinski definition) is 1. The average Bonchev–Trinajstić information content (AvgIpc) is 3.02. The quantitative estimate of drug-likeness (QED) is 0.874. The summed E-state index contributed by atoms with van der Waals surface area (Å²) in [6, 6.07) is -3.44. The second-order valence-corrected chi connectivity index (χ2v) is 3.24. The topological polar surface area (TPSA) is 38.7 Å². The summed E-state index contributed by atoms with van der Waals surface area (Å²) in [6.07, 6.45) is -3.64. The lowest BCUT2D eigenvalue weighted by molar-refractivity contribution is 0.106. The highest BCUT2D eigenvalue weighted by Gasteiger charge is 2.19. The molecule has 0 saturated carbocycles. The van der Waals surface area contributed by atoms with Gasteiger partial charge in [-0.2, -0.15) is 0 Å². The number of benzene rings is 1. The Bertz CT molecular complexity index is 873. The van der Waals surface area contributed by atoms with E-state index in [4.69, 9.17) is 28.7 Å². The summed E-state index contributed by atoms with van der Waals surface area (Å²) in [6.45, 7) is -12.3. The third kappa shape index (κ3) is 2.80. The minimum Gasteiger partial charge on any atom is -0.454 e. The van der Waals surface area contributed by atoms with Crippen molar-refractivity contribution in [2.45, 2.75) is 26.6 Å². The van der Waals surface area contributed by atoms with Crippen LogP contribution in [0.15, 0.2) is 24.2 Å². The van der Waals surface area contributed by atoms with Gasteiger partial charge in [-0.15, -0.1) is 0 Å². The SMILES string of the molecule is [2H]/C(=C\c1c([2H])c([2H])c2c(c1[2H])OCO2)C([2H])(O)C(C([2H])([2H])[2H])(C([2H])([2H])[2H])C([2H])([2H])[2H]. The summed E-state index contributed by atoms with van der Waals surface area (Å²) in [5.74, 6) is -0.524. The lowest BCUT2D eigenvalue weighted by Crippen LogP contribution is -2.23. The number of rotatable bonds is 2. The second kappa shape index (κ2) is 4.41. The number of fused-ring (bicyclic) bond motifs is 1. The highest BCUT2D eigenvalue weighted by Crippen LogP contribution is 2.33. The fourth-order valence-corrected chi connectivity index (χ4v) is 1.06. The summed E-state index contributed by atoms with van der Waals surface area (Å²) >= 11 is 0. The number of aliphatic hydroxyl groups is 1. The van der Waals surface area contributed by atoms with E-state index in [9.17, 15) is 5.11 Å². The van der Waals surface area contributed by atoms with E-state index >= 15 is 0 Å². The smallest absolute Gasteiger partial charge is 0.231 e. The molecule has 0 bridgehead atoms. The van der Waals surface area contributed by atoms with Crippen molar-refractivity contribution in [2.24, 2.45) is 5.41 Å². The van der Waals surface area contributed by atoms with E-state index < -0.39 is 61.8 Å². The van der Waals surface area contributed by atoms with E-state index in [0.29, 0.717) is 6.08 Å². The molecule has 92 valence electrons. The second-order valence-electron chi connectivity index (χ2n) is 3.24. The molecule has 0 saturated heterocycles. The maximum atomic E-state index is 10.7. The van der Waals surface area contributed by atoms with Gasteiger partial charge in [0.1, 0.15) is 0 Å². The molecule has 0 amide bonds. The first-order chi connectivity index (χ1) is 13.7. The van der Waals surface area contributed by atoms with E-state index in [-0.39, 0.29) is 18.3 Å². The van der Waals surface area contributed by atoms with Crippen LogP contribution in [-0.2, 0) is 0 Å². The summed E-state index contributed by atoms with van der Waals surface area (Å²) < 4.78 is 118. The molecule has 0 fully saturated rings. The van der Waals surface area contributed by atoms with Gasteiger partial charge in [0.2, 0.25) is 6.79 Å². The molecule has 0 aromatic heterocycles. The molecule has 1 heterocycles. The van der Waals surface area contributed by atoms with Gasteiger partial charge in [0.05, 0.1) is 12.9 Å². The van der Waals surface area contributed by atoms with Crippen molar-refractivity contribution >= 4 is 6.08 Å². The van der Waals surface area contributed by atoms with Gasteiger partial charge in [-0.25, -0.2) is 0 Å². The van der Waals surface area contributed by atoms with E-state index in [1.54, 1.807) is 0 Å². The monoisotopic (exact) mass is 248 g/mol. The molecule has 1 atom stereocenters. The van der Waals surface area contributed by atoms with Crippen LogP contribution in [0.25, 0.3) is 6.08 Å². The fourth-order valence-electron chi connectivity index (χ4n) is 1.06. The first kappa shape index (κ1) is 3.51. The predicted octanol–water partition coefficient (Wildman–Crippen LogP) is 2.84. The zero-order chi connectivity index (χ0) is 24.4. The van der Waals surface area contributed by atoms with Gasteiger partial charge < -0.3 is 14.6 Å². The summed E-state index contributed by atoms with van der Waals surface area (Å²) in [7, 11) is 0. The first-order valence-electron chi connectivity index (χ1n) is 11.5. The van der Waals surface area contributed by atoms with Gasteiger partial charge in [-0.3, -0.25) is 0 Å². The molecule has 17 heavy (non-hydrogen) atoms. The standard InChI is InChI=1S/C14H18O3/c1-14(2,3)13(15)7-5-10-4-6-11-12(8-10)17-9-16-11/h4-8,13,15H,9H2,1-3H3/b7-5+/i1D3,2D3,3D3,4D,6D,7D,8D,13D. The van der Waals surface area contributed by atoms with Crippen LogP contribution in [0.4, 0.5) is 0 Å². The molecule has 0 radical (unpaired) electrons. The fraction of sp³-hybridized carbons (Fsp3) is 0.429. The molecular formula is C14H18O3. The highest BCUT2D eigenvalue weighted by molar-refractivity contribution is 5.56. The number of ether oxygens (including phenoxy) is 2. The molecule has 1 aliphatic rings. The zero-order valence-electron chi connectivity index (χ0n) is 22.5. The van der Waals surface area contributed by atoms with Crippen molar-refractivity contribution in [3.63, 3.8) is 0 Å². The Morgan fingerprint density at radius 3 is 3.06 bits per heavy atom. The summed E-state index contributed by atoms with van der Waals surface area (Å²) in [5.41, 5.74) is -4.71. The molecule has 0 spiro atoms. The molecule has 0 aliphatic carbocycles. The Morgan fingerprint density at radius 2 is 2.29 bits per heavy atom. The predicted molar refractivity (Wildman–Crippen MR) is 67.1 cm³/mol. The van der Waals surface area contributed by atoms with Crippen LogP contribution in [0.5, 0.6) is 11.5 Å². The zero-order valence-corrected chi connectivity index (χ0v) is 8.55. The third-order valence-corrected chi connectivity index (χ3v) is 1.88. The van der Waals surface area contributed by atoms with E-state index in [1.165, 1.54) is 0 Å². The van der Waals surface area contributed by atoms with Crippen molar-refractivity contribution in [1.29, 1.82) is 0 Å². The van der Waals surface area contributed by atoms with Gasteiger partial charge in [0.25, 0.3) is 0 Å². The number of hydrogen-bond acceptors (Lipinski definition) is 3. The highest BCUT2D eigenvalue weighted by atomic mass is 16.7. The minimum absolute atomic E-state index is 0.235. The largest absolute Gasteiger partial charge is 0.454 e. The van der Waals surface area contributed by atoms with Gasteiger partial charge in [-0.1, -0.05) is 38.7 Å². The van der Waals surface area contributed by atoms with Gasteiger partial charge in [-0.05, 0) is 23.1 Å². The summed E-state index contributed by atoms with van der Waals surface area (Å²) in [4.78, 5) is 0. The van der Waals surface area contributed by atoms with Crippen LogP contribution in [0.2, 0.25) is 0 Å². The molecule has 2 rings (SSSR count). The Balaban J connectivity index is 2.85. The third-order valence-electron chi connectivity index (χ3n) is 1.88. The first-order valence-corrected chi connectivity index (χ1v) is 4.54. The van der Waals surface area contributed by atoms with Crippen molar-refractivity contribution in [3.05, 3.63) is 29.7 Å². The molecule has 3 heteroatoms. The lowest BCUT2D eigenvalue weighted by Gasteiger charge is -2.22. The van der Waals surface area contributed by atoms with Crippen molar-refractivity contribution in [2.75, 3.05) is 6.79 Å². The molecule has 1 aromatic rings. The van der Waals surface area contributed by atoms with Gasteiger partial charge in [0, 0.05) is 12.3 Å². The normalized spacial score (nSPS) is 33.1. The average molecular weight is 248 g/mol. The summed E-state index contributed by atoms with van der Waals surface area (Å²) in [5, 5.41) is 10.7. The molecular weight excluding hydrogens is 216 g/mol. The van der Waals surface area contributed by atoms with E-state index in [0.717, 1.165) is 0 Å². The Labute approximate surface area is 121 Å². The molecule has 1 aromatic carbocycles.